The van der Waals surface area contributed by atoms with Crippen molar-refractivity contribution in [2.45, 2.75) is 59.3 Å². The van der Waals surface area contributed by atoms with Gasteiger partial charge in [0.25, 0.3) is 0 Å². The fourth-order valence-electron chi connectivity index (χ4n) is 7.10. The zero-order valence-electron chi connectivity index (χ0n) is 24.7. The van der Waals surface area contributed by atoms with Crippen molar-refractivity contribution < 1.29 is 0 Å². The highest BCUT2D eigenvalue weighted by Gasteiger charge is 2.38. The van der Waals surface area contributed by atoms with E-state index in [1.54, 1.807) is 0 Å². The van der Waals surface area contributed by atoms with Gasteiger partial charge in [-0.15, -0.1) is 0 Å². The molecule has 7 rings (SSSR count). The van der Waals surface area contributed by atoms with Crippen LogP contribution in [-0.4, -0.2) is 0 Å². The van der Waals surface area contributed by atoms with Gasteiger partial charge in [-0.25, -0.2) is 0 Å². The van der Waals surface area contributed by atoms with Gasteiger partial charge in [-0.05, 0) is 102 Å². The Morgan fingerprint density at radius 1 is 0.375 bits per heavy atom. The second-order valence-electron chi connectivity index (χ2n) is 13.0. The summed E-state index contributed by atoms with van der Waals surface area (Å²) < 4.78 is 0. The molecule has 0 saturated heterocycles. The zero-order valence-corrected chi connectivity index (χ0v) is 24.7. The maximum atomic E-state index is 2.44. The van der Waals surface area contributed by atoms with Gasteiger partial charge < -0.3 is 4.90 Å². The molecule has 0 saturated carbocycles. The van der Waals surface area contributed by atoms with E-state index in [1.807, 2.05) is 0 Å². The van der Waals surface area contributed by atoms with Crippen LogP contribution in [0.1, 0.15) is 66.6 Å². The van der Waals surface area contributed by atoms with Crippen LogP contribution in [0.5, 0.6) is 0 Å². The molecule has 0 bridgehead atoms. The van der Waals surface area contributed by atoms with E-state index >= 15 is 0 Å². The van der Waals surface area contributed by atoms with Gasteiger partial charge in [0, 0.05) is 27.9 Å². The number of nitrogens with zero attached hydrogens (tertiary/aromatic N) is 1. The molecule has 5 aromatic rings. The van der Waals surface area contributed by atoms with Gasteiger partial charge in [0.15, 0.2) is 0 Å². The van der Waals surface area contributed by atoms with E-state index < -0.39 is 0 Å². The molecule has 0 atom stereocenters. The SMILES string of the molecule is Cc1ccc(N(c2ccc3c(c2)C(C)(C)c2cc(C)ccc2-3)c2ccc3c(c2)C(C)(C)c2cc(C)ccc2-3)cc1. The predicted molar refractivity (Wildman–Crippen MR) is 170 cm³/mol. The highest BCUT2D eigenvalue weighted by molar-refractivity contribution is 5.88. The summed E-state index contributed by atoms with van der Waals surface area (Å²) in [5.41, 5.74) is 18.5. The highest BCUT2D eigenvalue weighted by Crippen LogP contribution is 2.53. The summed E-state index contributed by atoms with van der Waals surface area (Å²) >= 11 is 0. The van der Waals surface area contributed by atoms with Crippen LogP contribution < -0.4 is 4.90 Å². The van der Waals surface area contributed by atoms with Gasteiger partial charge in [-0.2, -0.15) is 0 Å². The normalized spacial score (nSPS) is 15.3. The molecular formula is C39H37N. The minimum atomic E-state index is -0.0505. The monoisotopic (exact) mass is 519 g/mol. The predicted octanol–water partition coefficient (Wildman–Crippen LogP) is 10.7. The molecule has 0 amide bonds. The molecule has 40 heavy (non-hydrogen) atoms. The third kappa shape index (κ3) is 3.53. The lowest BCUT2D eigenvalue weighted by molar-refractivity contribution is 0.659. The van der Waals surface area contributed by atoms with Crippen molar-refractivity contribution in [2.24, 2.45) is 0 Å². The van der Waals surface area contributed by atoms with Crippen molar-refractivity contribution in [1.82, 2.24) is 0 Å². The van der Waals surface area contributed by atoms with Crippen LogP contribution in [0.15, 0.2) is 97.1 Å². The molecule has 0 aromatic heterocycles. The fourth-order valence-corrected chi connectivity index (χ4v) is 7.10. The van der Waals surface area contributed by atoms with Crippen LogP contribution in [0.4, 0.5) is 17.1 Å². The molecule has 0 unspecified atom stereocenters. The summed E-state index contributed by atoms with van der Waals surface area (Å²) in [6, 6.07) is 36.9. The van der Waals surface area contributed by atoms with E-state index in [0.717, 1.165) is 0 Å². The first kappa shape index (κ1) is 24.9. The van der Waals surface area contributed by atoms with Crippen LogP contribution in [-0.2, 0) is 10.8 Å². The molecule has 0 spiro atoms. The Kier molecular flexibility index (Phi) is 5.26. The molecule has 198 valence electrons. The Hall–Kier alpha value is -4.10. The standard InChI is InChI=1S/C39H37N/c1-24-8-12-27(13-9-24)40(28-14-18-32-30-16-10-25(2)20-34(30)38(4,5)36(32)22-28)29-15-19-33-31-17-11-26(3)21-35(31)39(6,7)37(33)23-29/h8-23H,1-7H3. The van der Waals surface area contributed by atoms with Gasteiger partial charge in [-0.3, -0.25) is 0 Å². The lowest BCUT2D eigenvalue weighted by atomic mass is 9.81. The van der Waals surface area contributed by atoms with Crippen LogP contribution in [0.3, 0.4) is 0 Å². The molecule has 0 radical (unpaired) electrons. The first-order valence-corrected chi connectivity index (χ1v) is 14.4. The van der Waals surface area contributed by atoms with Gasteiger partial charge in [-0.1, -0.05) is 105 Å². The van der Waals surface area contributed by atoms with Crippen LogP contribution in [0, 0.1) is 20.8 Å². The molecule has 0 fully saturated rings. The van der Waals surface area contributed by atoms with Crippen molar-refractivity contribution in [1.29, 1.82) is 0 Å². The maximum absolute atomic E-state index is 2.44. The lowest BCUT2D eigenvalue weighted by Gasteiger charge is -2.30. The molecular weight excluding hydrogens is 482 g/mol. The molecule has 0 N–H and O–H groups in total. The number of rotatable bonds is 3. The summed E-state index contributed by atoms with van der Waals surface area (Å²) in [5, 5.41) is 0. The van der Waals surface area contributed by atoms with E-state index in [9.17, 15) is 0 Å². The number of anilines is 3. The Bertz CT molecular complexity index is 1700. The molecule has 2 aliphatic carbocycles. The summed E-state index contributed by atoms with van der Waals surface area (Å²) in [5.74, 6) is 0. The molecule has 5 aromatic carbocycles. The molecule has 2 aliphatic rings. The van der Waals surface area contributed by atoms with E-state index in [2.05, 4.69) is 150 Å². The number of aryl methyl sites for hydroxylation is 3. The Balaban J connectivity index is 1.41. The quantitative estimate of drug-likeness (QED) is 0.229. The van der Waals surface area contributed by atoms with Crippen LogP contribution in [0.25, 0.3) is 22.3 Å². The average molecular weight is 520 g/mol. The van der Waals surface area contributed by atoms with Gasteiger partial charge in [0.05, 0.1) is 0 Å². The zero-order chi connectivity index (χ0) is 28.0. The summed E-state index contributed by atoms with van der Waals surface area (Å²) in [6.45, 7) is 16.0. The number of fused-ring (bicyclic) bond motifs is 6. The van der Waals surface area contributed by atoms with E-state index in [-0.39, 0.29) is 10.8 Å². The minimum absolute atomic E-state index is 0.0505. The van der Waals surface area contributed by atoms with Crippen molar-refractivity contribution in [3.8, 4) is 22.3 Å². The summed E-state index contributed by atoms with van der Waals surface area (Å²) in [4.78, 5) is 2.44. The largest absolute Gasteiger partial charge is 0.310 e. The molecule has 0 aliphatic heterocycles. The second-order valence-corrected chi connectivity index (χ2v) is 13.0. The Labute approximate surface area is 239 Å². The number of hydrogen-bond donors (Lipinski definition) is 0. The van der Waals surface area contributed by atoms with E-state index in [4.69, 9.17) is 0 Å². The van der Waals surface area contributed by atoms with E-state index in [1.165, 1.54) is 78.3 Å². The van der Waals surface area contributed by atoms with Crippen LogP contribution in [0.2, 0.25) is 0 Å². The first-order valence-electron chi connectivity index (χ1n) is 14.4. The third-order valence-electron chi connectivity index (χ3n) is 9.44. The highest BCUT2D eigenvalue weighted by atomic mass is 15.1. The topological polar surface area (TPSA) is 3.24 Å². The average Bonchev–Trinajstić information content (AvgIpc) is 3.28. The second kappa shape index (κ2) is 8.45. The molecule has 1 nitrogen and oxygen atoms in total. The van der Waals surface area contributed by atoms with Crippen molar-refractivity contribution in [2.75, 3.05) is 4.90 Å². The van der Waals surface area contributed by atoms with Crippen molar-refractivity contribution >= 4 is 17.1 Å². The first-order chi connectivity index (χ1) is 19.1. The van der Waals surface area contributed by atoms with Gasteiger partial charge in [0.1, 0.15) is 0 Å². The van der Waals surface area contributed by atoms with Gasteiger partial charge in [0.2, 0.25) is 0 Å². The fraction of sp³-hybridized carbons (Fsp3) is 0.231. The summed E-state index contributed by atoms with van der Waals surface area (Å²) in [7, 11) is 0. The summed E-state index contributed by atoms with van der Waals surface area (Å²) in [6.07, 6.45) is 0. The smallest absolute Gasteiger partial charge is 0.0465 e. The number of benzene rings is 5. The lowest BCUT2D eigenvalue weighted by Crippen LogP contribution is -2.18. The minimum Gasteiger partial charge on any atom is -0.310 e. The van der Waals surface area contributed by atoms with Crippen molar-refractivity contribution in [3.05, 3.63) is 136 Å². The van der Waals surface area contributed by atoms with Gasteiger partial charge >= 0.3 is 0 Å². The van der Waals surface area contributed by atoms with E-state index in [0.29, 0.717) is 0 Å². The molecule has 0 heterocycles. The Morgan fingerprint density at radius 3 is 1.12 bits per heavy atom. The number of hydrogen-bond acceptors (Lipinski definition) is 1. The molecule has 1 heteroatoms. The maximum Gasteiger partial charge on any atom is 0.0465 e. The Morgan fingerprint density at radius 2 is 0.700 bits per heavy atom. The van der Waals surface area contributed by atoms with Crippen molar-refractivity contribution in [3.63, 3.8) is 0 Å². The van der Waals surface area contributed by atoms with Crippen LogP contribution >= 0.6 is 0 Å². The third-order valence-corrected chi connectivity index (χ3v) is 9.44.